The molecule has 0 aliphatic heterocycles. The van der Waals surface area contributed by atoms with Crippen LogP contribution >= 0.6 is 0 Å². The maximum absolute atomic E-state index is 13.4. The Bertz CT molecular complexity index is 1360. The van der Waals surface area contributed by atoms with Crippen molar-refractivity contribution in [3.05, 3.63) is 70.8 Å². The molecule has 1 N–H and O–H groups in total. The van der Waals surface area contributed by atoms with Gasteiger partial charge in [0.15, 0.2) is 0 Å². The van der Waals surface area contributed by atoms with Gasteiger partial charge in [0.1, 0.15) is 23.6 Å². The number of hydrogen-bond acceptors (Lipinski definition) is 6. The zero-order chi connectivity index (χ0) is 23.5. The van der Waals surface area contributed by atoms with Crippen LogP contribution in [0, 0.1) is 0 Å². The van der Waals surface area contributed by atoms with Crippen LogP contribution in [-0.4, -0.2) is 39.7 Å². The van der Waals surface area contributed by atoms with E-state index in [4.69, 9.17) is 9.47 Å². The van der Waals surface area contributed by atoms with Crippen molar-refractivity contribution >= 4 is 22.5 Å². The molecule has 0 bridgehead atoms. The third-order valence-electron chi connectivity index (χ3n) is 5.23. The van der Waals surface area contributed by atoms with Gasteiger partial charge in [0.25, 0.3) is 5.56 Å². The molecule has 9 heteroatoms. The van der Waals surface area contributed by atoms with E-state index in [9.17, 15) is 9.59 Å². The second-order valence-corrected chi connectivity index (χ2v) is 7.77. The lowest BCUT2D eigenvalue weighted by molar-refractivity contribution is -0.117. The number of methoxy groups -OCH3 is 2. The van der Waals surface area contributed by atoms with Gasteiger partial charge in [0.05, 0.1) is 37.5 Å². The molecule has 1 amide bonds. The molecule has 0 fully saturated rings. The van der Waals surface area contributed by atoms with Gasteiger partial charge in [-0.3, -0.25) is 9.59 Å². The highest BCUT2D eigenvalue weighted by molar-refractivity contribution is 5.92. The normalized spacial score (nSPS) is 11.1. The number of hydrogen-bond donors (Lipinski definition) is 1. The SMILES string of the molecule is COc1ccc(OC)c(NC(=O)Cn2nc(C(C)C)c3cnn(-c4ccccc4)c3c2=O)c1. The predicted octanol–water partition coefficient (Wildman–Crippen LogP) is 3.36. The molecule has 2 heterocycles. The standard InChI is InChI=1S/C24H25N5O4/c1-15(2)22-18-13-25-29(16-8-6-5-7-9-16)23(18)24(31)28(27-22)14-21(30)26-19-12-17(32-3)10-11-20(19)33-4/h5-13,15H,14H2,1-4H3,(H,26,30). The van der Waals surface area contributed by atoms with E-state index in [0.29, 0.717) is 33.8 Å². The first-order valence-corrected chi connectivity index (χ1v) is 10.5. The minimum Gasteiger partial charge on any atom is -0.497 e. The van der Waals surface area contributed by atoms with Crippen LogP contribution < -0.4 is 20.3 Å². The molecular formula is C24H25N5O4. The molecule has 0 aliphatic carbocycles. The molecule has 0 atom stereocenters. The molecule has 0 spiro atoms. The van der Waals surface area contributed by atoms with E-state index in [1.165, 1.54) is 18.9 Å². The van der Waals surface area contributed by atoms with Gasteiger partial charge in [-0.2, -0.15) is 10.2 Å². The summed E-state index contributed by atoms with van der Waals surface area (Å²) in [6, 6.07) is 14.5. The Labute approximate surface area is 190 Å². The van der Waals surface area contributed by atoms with Gasteiger partial charge in [-0.25, -0.2) is 9.36 Å². The smallest absolute Gasteiger partial charge is 0.293 e. The van der Waals surface area contributed by atoms with E-state index in [2.05, 4.69) is 15.5 Å². The summed E-state index contributed by atoms with van der Waals surface area (Å²) in [5.41, 5.74) is 1.87. The van der Waals surface area contributed by atoms with Crippen molar-refractivity contribution in [3.63, 3.8) is 0 Å². The number of rotatable bonds is 7. The van der Waals surface area contributed by atoms with Crippen molar-refractivity contribution in [2.75, 3.05) is 19.5 Å². The summed E-state index contributed by atoms with van der Waals surface area (Å²) in [7, 11) is 3.05. The maximum Gasteiger partial charge on any atom is 0.293 e. The fourth-order valence-corrected chi connectivity index (χ4v) is 3.63. The molecular weight excluding hydrogens is 422 g/mol. The first kappa shape index (κ1) is 22.1. The predicted molar refractivity (Wildman–Crippen MR) is 125 cm³/mol. The molecule has 4 rings (SSSR count). The van der Waals surface area contributed by atoms with Crippen molar-refractivity contribution in [1.82, 2.24) is 19.6 Å². The van der Waals surface area contributed by atoms with Gasteiger partial charge < -0.3 is 14.8 Å². The lowest BCUT2D eigenvalue weighted by Gasteiger charge is -2.14. The highest BCUT2D eigenvalue weighted by Gasteiger charge is 2.20. The van der Waals surface area contributed by atoms with Gasteiger partial charge in [-0.15, -0.1) is 0 Å². The zero-order valence-corrected chi connectivity index (χ0v) is 18.9. The largest absolute Gasteiger partial charge is 0.497 e. The van der Waals surface area contributed by atoms with Crippen molar-refractivity contribution in [1.29, 1.82) is 0 Å². The Kier molecular flexibility index (Phi) is 6.12. The summed E-state index contributed by atoms with van der Waals surface area (Å²) < 4.78 is 13.3. The average Bonchev–Trinajstić information content (AvgIpc) is 3.26. The number of para-hydroxylation sites is 1. The molecule has 0 unspecified atom stereocenters. The number of nitrogens with one attached hydrogen (secondary N) is 1. The van der Waals surface area contributed by atoms with Gasteiger partial charge in [0.2, 0.25) is 5.91 Å². The number of ether oxygens (including phenoxy) is 2. The maximum atomic E-state index is 13.4. The minimum absolute atomic E-state index is 0.0225. The van der Waals surface area contributed by atoms with E-state index < -0.39 is 11.5 Å². The third kappa shape index (κ3) is 4.30. The lowest BCUT2D eigenvalue weighted by Crippen LogP contribution is -2.31. The Hall–Kier alpha value is -4.14. The molecule has 2 aromatic heterocycles. The van der Waals surface area contributed by atoms with Crippen LogP contribution in [0.1, 0.15) is 25.5 Å². The number of carbonyl (C=O) groups is 1. The number of anilines is 1. The molecule has 9 nitrogen and oxygen atoms in total. The van der Waals surface area contributed by atoms with E-state index in [0.717, 1.165) is 5.69 Å². The number of nitrogens with zero attached hydrogens (tertiary/aromatic N) is 4. The van der Waals surface area contributed by atoms with Crippen molar-refractivity contribution in [2.45, 2.75) is 26.3 Å². The second kappa shape index (κ2) is 9.15. The molecule has 0 saturated carbocycles. The Morgan fingerprint density at radius 1 is 1.09 bits per heavy atom. The fourth-order valence-electron chi connectivity index (χ4n) is 3.63. The van der Waals surface area contributed by atoms with Crippen LogP contribution in [0.4, 0.5) is 5.69 Å². The Balaban J connectivity index is 1.75. The molecule has 4 aromatic rings. The van der Waals surface area contributed by atoms with Crippen LogP contribution in [0.25, 0.3) is 16.6 Å². The van der Waals surface area contributed by atoms with Crippen LogP contribution in [0.3, 0.4) is 0 Å². The van der Waals surface area contributed by atoms with Crippen molar-refractivity contribution in [3.8, 4) is 17.2 Å². The number of amides is 1. The van der Waals surface area contributed by atoms with Crippen LogP contribution in [0.2, 0.25) is 0 Å². The van der Waals surface area contributed by atoms with Crippen LogP contribution in [-0.2, 0) is 11.3 Å². The number of aromatic nitrogens is 4. The molecule has 0 saturated heterocycles. The Morgan fingerprint density at radius 3 is 2.52 bits per heavy atom. The second-order valence-electron chi connectivity index (χ2n) is 7.77. The monoisotopic (exact) mass is 447 g/mol. The van der Waals surface area contributed by atoms with Gasteiger partial charge >= 0.3 is 0 Å². The minimum atomic E-state index is -0.420. The summed E-state index contributed by atoms with van der Waals surface area (Å²) in [5.74, 6) is 0.645. The van der Waals surface area contributed by atoms with Crippen LogP contribution in [0.15, 0.2) is 59.5 Å². The summed E-state index contributed by atoms with van der Waals surface area (Å²) in [6.07, 6.45) is 1.65. The summed E-state index contributed by atoms with van der Waals surface area (Å²) in [6.45, 7) is 3.70. The molecule has 33 heavy (non-hydrogen) atoms. The summed E-state index contributed by atoms with van der Waals surface area (Å²) in [5, 5.41) is 12.4. The topological polar surface area (TPSA) is 100 Å². The molecule has 0 radical (unpaired) electrons. The quantitative estimate of drug-likeness (QED) is 0.466. The average molecular weight is 447 g/mol. The van der Waals surface area contributed by atoms with Gasteiger partial charge in [0, 0.05) is 11.5 Å². The first-order valence-electron chi connectivity index (χ1n) is 10.5. The van der Waals surface area contributed by atoms with Crippen LogP contribution in [0.5, 0.6) is 11.5 Å². The van der Waals surface area contributed by atoms with E-state index in [1.54, 1.807) is 29.1 Å². The summed E-state index contributed by atoms with van der Waals surface area (Å²) in [4.78, 5) is 26.3. The van der Waals surface area contributed by atoms with Gasteiger partial charge in [-0.05, 0) is 30.2 Å². The number of carbonyl (C=O) groups excluding carboxylic acids is 1. The highest BCUT2D eigenvalue weighted by Crippen LogP contribution is 2.29. The molecule has 2 aromatic carbocycles. The number of fused-ring (bicyclic) bond motifs is 1. The van der Waals surface area contributed by atoms with Crippen molar-refractivity contribution in [2.24, 2.45) is 0 Å². The van der Waals surface area contributed by atoms with E-state index in [-0.39, 0.29) is 12.5 Å². The summed E-state index contributed by atoms with van der Waals surface area (Å²) >= 11 is 0. The van der Waals surface area contributed by atoms with Gasteiger partial charge in [-0.1, -0.05) is 32.0 Å². The molecule has 170 valence electrons. The van der Waals surface area contributed by atoms with E-state index in [1.807, 2.05) is 44.2 Å². The lowest BCUT2D eigenvalue weighted by atomic mass is 10.1. The zero-order valence-electron chi connectivity index (χ0n) is 18.9. The van der Waals surface area contributed by atoms with Crippen molar-refractivity contribution < 1.29 is 14.3 Å². The Morgan fingerprint density at radius 2 is 1.85 bits per heavy atom. The first-order chi connectivity index (χ1) is 15.9. The highest BCUT2D eigenvalue weighted by atomic mass is 16.5. The van der Waals surface area contributed by atoms with E-state index >= 15 is 0 Å². The fraction of sp³-hybridized carbons (Fsp3) is 0.250. The third-order valence-corrected chi connectivity index (χ3v) is 5.23. The molecule has 0 aliphatic rings. The number of benzene rings is 2.